The van der Waals surface area contributed by atoms with E-state index >= 15 is 0 Å². The van der Waals surface area contributed by atoms with Crippen molar-refractivity contribution in [2.45, 2.75) is 0 Å². The zero-order chi connectivity index (χ0) is 12.9. The average molecular weight is 279 g/mol. The average Bonchev–Trinajstić information content (AvgIpc) is 2.01. The minimum Gasteiger partial charge on any atom is -1.00 e. The summed E-state index contributed by atoms with van der Waals surface area (Å²) in [7, 11) is 12.2. The van der Waals surface area contributed by atoms with E-state index < -0.39 is 0 Å². The van der Waals surface area contributed by atoms with Crippen molar-refractivity contribution >= 4 is 11.6 Å². The summed E-state index contributed by atoms with van der Waals surface area (Å²) in [5, 5.41) is 16.1. The van der Waals surface area contributed by atoms with E-state index in [0.717, 1.165) is 11.0 Å². The Morgan fingerprint density at radius 3 is 1.25 bits per heavy atom. The number of hydrogen-bond acceptors (Lipinski definition) is 3. The molecule has 0 saturated heterocycles. The molecule has 0 aliphatic rings. The maximum Gasteiger partial charge on any atom is 0.101 e. The van der Waals surface area contributed by atoms with Crippen LogP contribution in [0.5, 0.6) is 0 Å². The highest BCUT2D eigenvalue weighted by Gasteiger charge is 2.02. The van der Waals surface area contributed by atoms with E-state index in [9.17, 15) is 0 Å². The first-order chi connectivity index (χ1) is 6.71. The molecule has 0 saturated carbocycles. The van der Waals surface area contributed by atoms with Crippen LogP contribution in [0.25, 0.3) is 0 Å². The minimum absolute atomic E-state index is 0. The molecular formula is C10H28Cl2N2O2. The SMILES string of the molecule is CN(C)C.C[N+](C)(C)CCO.OCCCl.[Cl-]. The van der Waals surface area contributed by atoms with Crippen molar-refractivity contribution in [3.8, 4) is 0 Å². The Kier molecular flexibility index (Phi) is 28.2. The van der Waals surface area contributed by atoms with Crippen LogP contribution in [0.1, 0.15) is 0 Å². The van der Waals surface area contributed by atoms with Crippen molar-refractivity contribution in [2.24, 2.45) is 0 Å². The van der Waals surface area contributed by atoms with Gasteiger partial charge in [-0.05, 0) is 21.1 Å². The minimum atomic E-state index is 0. The fourth-order valence-electron chi connectivity index (χ4n) is 0.300. The Morgan fingerprint density at radius 1 is 1.00 bits per heavy atom. The zero-order valence-electron chi connectivity index (χ0n) is 11.4. The zero-order valence-corrected chi connectivity index (χ0v) is 12.9. The second kappa shape index (κ2) is 17.8. The molecule has 0 amide bonds. The van der Waals surface area contributed by atoms with Gasteiger partial charge in [-0.1, -0.05) is 0 Å². The smallest absolute Gasteiger partial charge is 0.101 e. The number of halogens is 2. The largest absolute Gasteiger partial charge is 1.00 e. The molecule has 0 rings (SSSR count). The highest BCUT2D eigenvalue weighted by molar-refractivity contribution is 6.17. The molecule has 2 N–H and O–H groups in total. The van der Waals surface area contributed by atoms with Gasteiger partial charge < -0.3 is 32.0 Å². The molecule has 0 bridgehead atoms. The van der Waals surface area contributed by atoms with Crippen molar-refractivity contribution in [3.05, 3.63) is 0 Å². The molecule has 0 aromatic carbocycles. The van der Waals surface area contributed by atoms with Gasteiger partial charge in [0.1, 0.15) is 6.54 Å². The van der Waals surface area contributed by atoms with E-state index in [1.807, 2.05) is 26.0 Å². The van der Waals surface area contributed by atoms with Crippen LogP contribution in [-0.4, -0.2) is 87.5 Å². The summed E-state index contributed by atoms with van der Waals surface area (Å²) in [6.45, 7) is 1.20. The summed E-state index contributed by atoms with van der Waals surface area (Å²) >= 11 is 4.94. The van der Waals surface area contributed by atoms with E-state index in [2.05, 4.69) is 21.1 Å². The Hall–Kier alpha value is 0.420. The third-order valence-corrected chi connectivity index (χ3v) is 1.02. The monoisotopic (exact) mass is 278 g/mol. The predicted octanol–water partition coefficient (Wildman–Crippen LogP) is -2.92. The van der Waals surface area contributed by atoms with Gasteiger partial charge in [-0.15, -0.1) is 11.6 Å². The molecule has 0 aromatic heterocycles. The molecule has 0 atom stereocenters. The summed E-state index contributed by atoms with van der Waals surface area (Å²) in [5.74, 6) is 0.347. The Morgan fingerprint density at radius 2 is 1.25 bits per heavy atom. The molecule has 0 aliphatic heterocycles. The second-order valence-corrected chi connectivity index (χ2v) is 4.87. The summed E-state index contributed by atoms with van der Waals surface area (Å²) in [6, 6.07) is 0. The molecule has 0 fully saturated rings. The number of aliphatic hydroxyl groups is 2. The van der Waals surface area contributed by atoms with Crippen molar-refractivity contribution in [1.82, 2.24) is 4.90 Å². The number of hydrogen-bond donors (Lipinski definition) is 2. The van der Waals surface area contributed by atoms with E-state index in [4.69, 9.17) is 21.8 Å². The lowest BCUT2D eigenvalue weighted by molar-refractivity contribution is -0.870. The second-order valence-electron chi connectivity index (χ2n) is 4.49. The van der Waals surface area contributed by atoms with Gasteiger partial charge in [-0.25, -0.2) is 0 Å². The van der Waals surface area contributed by atoms with Crippen LogP contribution in [0, 0.1) is 0 Å². The van der Waals surface area contributed by atoms with E-state index in [-0.39, 0.29) is 25.6 Å². The Labute approximate surface area is 112 Å². The quantitative estimate of drug-likeness (QED) is 0.430. The predicted molar refractivity (Wildman–Crippen MR) is 67.4 cm³/mol. The lowest BCUT2D eigenvalue weighted by Crippen LogP contribution is -3.00. The summed E-state index contributed by atoms with van der Waals surface area (Å²) in [6.07, 6.45) is 0. The molecular weight excluding hydrogens is 251 g/mol. The van der Waals surface area contributed by atoms with Gasteiger partial charge in [0, 0.05) is 5.88 Å². The van der Waals surface area contributed by atoms with Gasteiger partial charge in [0.25, 0.3) is 0 Å². The number of rotatable bonds is 3. The highest BCUT2D eigenvalue weighted by Crippen LogP contribution is 1.84. The van der Waals surface area contributed by atoms with Crippen molar-refractivity contribution < 1.29 is 27.1 Å². The molecule has 0 unspecified atom stereocenters. The molecule has 4 nitrogen and oxygen atoms in total. The van der Waals surface area contributed by atoms with Gasteiger partial charge in [0.05, 0.1) is 34.4 Å². The molecule has 6 heteroatoms. The molecule has 0 radical (unpaired) electrons. The van der Waals surface area contributed by atoms with Crippen LogP contribution in [0.4, 0.5) is 0 Å². The lowest BCUT2D eigenvalue weighted by atomic mass is 10.5. The first kappa shape index (κ1) is 25.3. The fourth-order valence-corrected chi connectivity index (χ4v) is 0.300. The van der Waals surface area contributed by atoms with E-state index in [1.165, 1.54) is 0 Å². The molecule has 0 spiro atoms. The normalized spacial score (nSPS) is 9.38. The van der Waals surface area contributed by atoms with Crippen LogP contribution in [0.3, 0.4) is 0 Å². The maximum atomic E-state index is 8.39. The third kappa shape index (κ3) is 88.4. The molecule has 16 heavy (non-hydrogen) atoms. The van der Waals surface area contributed by atoms with Gasteiger partial charge in [-0.3, -0.25) is 0 Å². The highest BCUT2D eigenvalue weighted by atomic mass is 35.5. The van der Waals surface area contributed by atoms with Crippen LogP contribution < -0.4 is 12.4 Å². The van der Waals surface area contributed by atoms with Crippen LogP contribution >= 0.6 is 11.6 Å². The lowest BCUT2D eigenvalue weighted by Gasteiger charge is -2.21. The molecule has 0 aliphatic carbocycles. The standard InChI is InChI=1S/C5H14NO.C3H9N.C2H5ClO.ClH/c1-6(2,3)4-5-7;1-4(2)3;3-1-2-4;/h7H,4-5H2,1-3H3;1-3H3;4H,1-2H2;1H/q+1;;;/p-1. The summed E-state index contributed by atoms with van der Waals surface area (Å²) in [4.78, 5) is 2.00. The Balaban J connectivity index is -0.0000000700. The van der Waals surface area contributed by atoms with Gasteiger partial charge in [0.2, 0.25) is 0 Å². The topological polar surface area (TPSA) is 43.7 Å². The van der Waals surface area contributed by atoms with Crippen LogP contribution in [-0.2, 0) is 0 Å². The summed E-state index contributed by atoms with van der Waals surface area (Å²) < 4.78 is 0.844. The van der Waals surface area contributed by atoms with Gasteiger partial charge >= 0.3 is 0 Å². The Bertz CT molecular complexity index is 105. The van der Waals surface area contributed by atoms with Crippen molar-refractivity contribution in [3.63, 3.8) is 0 Å². The van der Waals surface area contributed by atoms with Crippen LogP contribution in [0.2, 0.25) is 0 Å². The molecule has 104 valence electrons. The van der Waals surface area contributed by atoms with E-state index in [1.54, 1.807) is 0 Å². The first-order valence-corrected chi connectivity index (χ1v) is 5.43. The third-order valence-electron chi connectivity index (χ3n) is 0.855. The van der Waals surface area contributed by atoms with Gasteiger partial charge in [0.15, 0.2) is 0 Å². The first-order valence-electron chi connectivity index (χ1n) is 4.90. The van der Waals surface area contributed by atoms with Crippen molar-refractivity contribution in [2.75, 3.05) is 67.9 Å². The maximum absolute atomic E-state index is 8.39. The van der Waals surface area contributed by atoms with E-state index in [0.29, 0.717) is 5.88 Å². The van der Waals surface area contributed by atoms with Crippen LogP contribution in [0.15, 0.2) is 0 Å². The summed E-state index contributed by atoms with van der Waals surface area (Å²) in [5.41, 5.74) is 0. The number of quaternary nitrogens is 1. The van der Waals surface area contributed by atoms with Gasteiger partial charge in [-0.2, -0.15) is 0 Å². The number of alkyl halides is 1. The number of nitrogens with zero attached hydrogens (tertiary/aromatic N) is 2. The fraction of sp³-hybridized carbons (Fsp3) is 1.00. The molecule has 0 heterocycles. The number of aliphatic hydroxyl groups excluding tert-OH is 2. The van der Waals surface area contributed by atoms with Crippen molar-refractivity contribution in [1.29, 1.82) is 0 Å². The number of likely N-dealkylation sites (N-methyl/N-ethyl adjacent to an activating group) is 1. The molecule has 0 aromatic rings.